The van der Waals surface area contributed by atoms with Gasteiger partial charge in [0.2, 0.25) is 0 Å². The highest BCUT2D eigenvalue weighted by atomic mass is 16.7. The summed E-state index contributed by atoms with van der Waals surface area (Å²) < 4.78 is 1.88. The van der Waals surface area contributed by atoms with Gasteiger partial charge in [0.25, 0.3) is 0 Å². The minimum Gasteiger partial charge on any atom is -0.330 e. The van der Waals surface area contributed by atoms with Crippen LogP contribution in [0.15, 0.2) is 42.7 Å². The van der Waals surface area contributed by atoms with Gasteiger partial charge in [-0.15, -0.1) is 0 Å². The molecule has 6 heteroatoms. The van der Waals surface area contributed by atoms with Crippen molar-refractivity contribution >= 4 is 6.03 Å². The fourth-order valence-corrected chi connectivity index (χ4v) is 2.56. The Bertz CT molecular complexity index is 635. The van der Waals surface area contributed by atoms with Crippen LogP contribution in [0.4, 0.5) is 4.79 Å². The molecule has 23 heavy (non-hydrogen) atoms. The molecule has 2 heterocycles. The standard InChI is InChI=1S/C17H22N4O2/c1-14(19-17(22)21-9-5-6-10-23-21)16-11-18-20(13-16)12-15-7-3-2-4-8-15/h2-4,7-8,11,13-14H,5-6,9-10,12H2,1H3,(H,19,22)/t14-/m1/s1. The zero-order chi connectivity index (χ0) is 16.1. The molecular formula is C17H22N4O2. The molecule has 1 N–H and O–H groups in total. The third-order valence-corrected chi connectivity index (χ3v) is 3.91. The number of nitrogens with one attached hydrogen (secondary N) is 1. The van der Waals surface area contributed by atoms with Crippen LogP contribution >= 0.6 is 0 Å². The Morgan fingerprint density at radius 1 is 1.35 bits per heavy atom. The van der Waals surface area contributed by atoms with Gasteiger partial charge >= 0.3 is 6.03 Å². The zero-order valence-corrected chi connectivity index (χ0v) is 13.3. The second-order valence-corrected chi connectivity index (χ2v) is 5.77. The predicted molar refractivity (Wildman–Crippen MR) is 86.6 cm³/mol. The maximum absolute atomic E-state index is 12.1. The number of hydrogen-bond donors (Lipinski definition) is 1. The summed E-state index contributed by atoms with van der Waals surface area (Å²) in [5.41, 5.74) is 2.17. The van der Waals surface area contributed by atoms with Crippen LogP contribution in [0.25, 0.3) is 0 Å². The maximum Gasteiger partial charge on any atom is 0.341 e. The van der Waals surface area contributed by atoms with Gasteiger partial charge in [0.15, 0.2) is 0 Å². The van der Waals surface area contributed by atoms with Crippen LogP contribution in [-0.4, -0.2) is 34.0 Å². The number of carbonyl (C=O) groups is 1. The number of urea groups is 1. The molecule has 1 aliphatic rings. The molecule has 1 aromatic carbocycles. The summed E-state index contributed by atoms with van der Waals surface area (Å²) >= 11 is 0. The number of aromatic nitrogens is 2. The molecule has 1 atom stereocenters. The van der Waals surface area contributed by atoms with Crippen LogP contribution in [0.3, 0.4) is 0 Å². The number of nitrogens with zero attached hydrogens (tertiary/aromatic N) is 3. The van der Waals surface area contributed by atoms with Gasteiger partial charge in [0.05, 0.1) is 31.9 Å². The lowest BCUT2D eigenvalue weighted by Crippen LogP contribution is -2.43. The lowest BCUT2D eigenvalue weighted by Gasteiger charge is -2.27. The van der Waals surface area contributed by atoms with Crippen LogP contribution in [0.5, 0.6) is 0 Å². The minimum absolute atomic E-state index is 0.113. The predicted octanol–water partition coefficient (Wildman–Crippen LogP) is 2.73. The number of amides is 2. The van der Waals surface area contributed by atoms with Crippen molar-refractivity contribution in [3.63, 3.8) is 0 Å². The van der Waals surface area contributed by atoms with E-state index < -0.39 is 0 Å². The van der Waals surface area contributed by atoms with Crippen molar-refractivity contribution in [3.05, 3.63) is 53.9 Å². The van der Waals surface area contributed by atoms with E-state index in [1.54, 1.807) is 6.20 Å². The van der Waals surface area contributed by atoms with Crippen LogP contribution < -0.4 is 5.32 Å². The van der Waals surface area contributed by atoms with E-state index in [4.69, 9.17) is 4.84 Å². The van der Waals surface area contributed by atoms with E-state index in [2.05, 4.69) is 22.5 Å². The molecule has 0 unspecified atom stereocenters. The Balaban J connectivity index is 1.57. The summed E-state index contributed by atoms with van der Waals surface area (Å²) in [7, 11) is 0. The molecule has 0 bridgehead atoms. The topological polar surface area (TPSA) is 59.4 Å². The molecule has 0 aliphatic carbocycles. The first kappa shape index (κ1) is 15.6. The quantitative estimate of drug-likeness (QED) is 0.944. The molecule has 0 radical (unpaired) electrons. The van der Waals surface area contributed by atoms with Crippen LogP contribution in [-0.2, 0) is 11.4 Å². The summed E-state index contributed by atoms with van der Waals surface area (Å²) in [6.45, 7) is 3.92. The lowest BCUT2D eigenvalue weighted by molar-refractivity contribution is -0.139. The van der Waals surface area contributed by atoms with E-state index >= 15 is 0 Å². The fraction of sp³-hybridized carbons (Fsp3) is 0.412. The van der Waals surface area contributed by atoms with Crippen molar-refractivity contribution in [1.29, 1.82) is 0 Å². The van der Waals surface area contributed by atoms with Gasteiger partial charge in [0, 0.05) is 11.8 Å². The number of hydroxylamine groups is 2. The summed E-state index contributed by atoms with van der Waals surface area (Å²) in [6.07, 6.45) is 5.75. The van der Waals surface area contributed by atoms with E-state index in [1.165, 1.54) is 10.6 Å². The molecule has 1 aliphatic heterocycles. The second kappa shape index (κ2) is 7.28. The average Bonchev–Trinajstić information content (AvgIpc) is 3.05. The molecule has 1 aromatic heterocycles. The van der Waals surface area contributed by atoms with Gasteiger partial charge in [-0.05, 0) is 25.3 Å². The monoisotopic (exact) mass is 314 g/mol. The Morgan fingerprint density at radius 3 is 2.91 bits per heavy atom. The number of benzene rings is 1. The Labute approximate surface area is 136 Å². The zero-order valence-electron chi connectivity index (χ0n) is 13.3. The molecule has 6 nitrogen and oxygen atoms in total. The van der Waals surface area contributed by atoms with Crippen LogP contribution in [0, 0.1) is 0 Å². The van der Waals surface area contributed by atoms with Gasteiger partial charge in [-0.2, -0.15) is 5.10 Å². The first-order chi connectivity index (χ1) is 11.2. The van der Waals surface area contributed by atoms with Crippen LogP contribution in [0.1, 0.15) is 36.9 Å². The number of hydrogen-bond acceptors (Lipinski definition) is 3. The second-order valence-electron chi connectivity index (χ2n) is 5.77. The average molecular weight is 314 g/mol. The number of rotatable bonds is 4. The molecule has 0 saturated carbocycles. The minimum atomic E-state index is -0.187. The van der Waals surface area contributed by atoms with E-state index in [0.717, 1.165) is 24.9 Å². The molecule has 1 fully saturated rings. The van der Waals surface area contributed by atoms with E-state index in [1.807, 2.05) is 36.0 Å². The Morgan fingerprint density at radius 2 is 2.17 bits per heavy atom. The molecule has 3 rings (SSSR count). The lowest BCUT2D eigenvalue weighted by atomic mass is 10.2. The van der Waals surface area contributed by atoms with Crippen molar-refractivity contribution < 1.29 is 9.63 Å². The number of carbonyl (C=O) groups excluding carboxylic acids is 1. The first-order valence-electron chi connectivity index (χ1n) is 7.99. The highest BCUT2D eigenvalue weighted by Crippen LogP contribution is 2.14. The summed E-state index contributed by atoms with van der Waals surface area (Å²) in [5, 5.41) is 8.74. The molecule has 2 amide bonds. The third kappa shape index (κ3) is 4.10. The normalized spacial score (nSPS) is 16.1. The van der Waals surface area contributed by atoms with Crippen molar-refractivity contribution in [2.45, 2.75) is 32.4 Å². The molecule has 1 saturated heterocycles. The third-order valence-electron chi connectivity index (χ3n) is 3.91. The fourth-order valence-electron chi connectivity index (χ4n) is 2.56. The smallest absolute Gasteiger partial charge is 0.330 e. The Kier molecular flexibility index (Phi) is 4.92. The highest BCUT2D eigenvalue weighted by Gasteiger charge is 2.20. The Hall–Kier alpha value is -2.34. The van der Waals surface area contributed by atoms with Crippen molar-refractivity contribution in [2.24, 2.45) is 0 Å². The van der Waals surface area contributed by atoms with E-state index in [-0.39, 0.29) is 12.1 Å². The molecular weight excluding hydrogens is 292 g/mol. The van der Waals surface area contributed by atoms with Crippen molar-refractivity contribution in [2.75, 3.05) is 13.2 Å². The van der Waals surface area contributed by atoms with E-state index in [9.17, 15) is 4.79 Å². The highest BCUT2D eigenvalue weighted by molar-refractivity contribution is 5.73. The van der Waals surface area contributed by atoms with Gasteiger partial charge in [-0.1, -0.05) is 30.3 Å². The largest absolute Gasteiger partial charge is 0.341 e. The summed E-state index contributed by atoms with van der Waals surface area (Å²) in [6, 6.07) is 9.87. The maximum atomic E-state index is 12.1. The van der Waals surface area contributed by atoms with Crippen LogP contribution in [0.2, 0.25) is 0 Å². The molecule has 122 valence electrons. The summed E-state index contributed by atoms with van der Waals surface area (Å²) in [4.78, 5) is 17.5. The summed E-state index contributed by atoms with van der Waals surface area (Å²) in [5.74, 6) is 0. The van der Waals surface area contributed by atoms with E-state index in [0.29, 0.717) is 13.2 Å². The van der Waals surface area contributed by atoms with Crippen molar-refractivity contribution in [1.82, 2.24) is 20.2 Å². The molecule has 2 aromatic rings. The van der Waals surface area contributed by atoms with Gasteiger partial charge < -0.3 is 5.32 Å². The molecule has 0 spiro atoms. The first-order valence-corrected chi connectivity index (χ1v) is 7.99. The van der Waals surface area contributed by atoms with Gasteiger partial charge in [-0.3, -0.25) is 9.52 Å². The van der Waals surface area contributed by atoms with Gasteiger partial charge in [0.1, 0.15) is 0 Å². The van der Waals surface area contributed by atoms with Crippen molar-refractivity contribution in [3.8, 4) is 0 Å². The SMILES string of the molecule is C[C@@H](NC(=O)N1CCCCO1)c1cnn(Cc2ccccc2)c1. The van der Waals surface area contributed by atoms with Gasteiger partial charge in [-0.25, -0.2) is 9.86 Å².